The van der Waals surface area contributed by atoms with Gasteiger partial charge in [-0.2, -0.15) is 0 Å². The monoisotopic (exact) mass is 437 g/mol. The van der Waals surface area contributed by atoms with Gasteiger partial charge in [0.15, 0.2) is 0 Å². The topological polar surface area (TPSA) is 62.9 Å². The number of benzene rings is 2. The normalized spacial score (nSPS) is 17.0. The molecule has 0 radical (unpaired) electrons. The third-order valence-electron chi connectivity index (χ3n) is 5.45. The molecule has 164 valence electrons. The minimum Gasteiger partial charge on any atom is -0.508 e. The van der Waals surface area contributed by atoms with E-state index >= 15 is 4.39 Å². The Morgan fingerprint density at radius 2 is 1.81 bits per heavy atom. The fourth-order valence-electron chi connectivity index (χ4n) is 3.98. The van der Waals surface area contributed by atoms with Crippen LogP contribution in [0, 0.1) is 0 Å². The van der Waals surface area contributed by atoms with E-state index in [0.717, 1.165) is 6.07 Å². The second kappa shape index (κ2) is 7.88. The summed E-state index contributed by atoms with van der Waals surface area (Å²) in [6.07, 6.45) is -4.95. The van der Waals surface area contributed by atoms with Gasteiger partial charge in [-0.05, 0) is 36.6 Å². The zero-order chi connectivity index (χ0) is 22.2. The van der Waals surface area contributed by atoms with Crippen molar-refractivity contribution in [2.75, 3.05) is 13.1 Å². The highest BCUT2D eigenvalue weighted by molar-refractivity contribution is 5.81. The first kappa shape index (κ1) is 21.2. The summed E-state index contributed by atoms with van der Waals surface area (Å²) >= 11 is 0. The summed E-state index contributed by atoms with van der Waals surface area (Å²) in [5.41, 5.74) is -1.73. The number of piperidine rings is 1. The van der Waals surface area contributed by atoms with Crippen molar-refractivity contribution < 1.29 is 31.8 Å². The van der Waals surface area contributed by atoms with Crippen LogP contribution in [0.25, 0.3) is 11.0 Å². The first-order chi connectivity index (χ1) is 14.6. The van der Waals surface area contributed by atoms with Gasteiger partial charge >= 0.3 is 12.0 Å². The molecule has 1 fully saturated rings. The van der Waals surface area contributed by atoms with Crippen LogP contribution in [0.1, 0.15) is 24.0 Å². The summed E-state index contributed by atoms with van der Waals surface area (Å²) in [7, 11) is 0. The van der Waals surface area contributed by atoms with E-state index in [1.807, 2.05) is 4.90 Å². The third-order valence-corrected chi connectivity index (χ3v) is 5.45. The number of aromatic hydroxyl groups is 1. The Labute approximate surface area is 174 Å². The number of hydrogen-bond donors (Lipinski definition) is 1. The van der Waals surface area contributed by atoms with Crippen LogP contribution < -0.4 is 10.4 Å². The standard InChI is InChI=1S/C22H19F4NO4/c23-21(17-3-1-2-4-18(17)31-22(24,25)26)7-9-27(10-8-21)13-14-11-20(29)30-19-12-15(28)5-6-16(14)19/h1-6,11-12,28H,7-10,13H2. The van der Waals surface area contributed by atoms with E-state index in [-0.39, 0.29) is 42.8 Å². The summed E-state index contributed by atoms with van der Waals surface area (Å²) in [6.45, 7) is 0.886. The Bertz CT molecular complexity index is 1150. The molecule has 5 nitrogen and oxygen atoms in total. The number of nitrogens with zero attached hydrogens (tertiary/aromatic N) is 1. The van der Waals surface area contributed by atoms with Crippen LogP contribution in [0.3, 0.4) is 0 Å². The molecular formula is C22H19F4NO4. The van der Waals surface area contributed by atoms with Crippen LogP contribution in [-0.2, 0) is 12.2 Å². The number of para-hydroxylation sites is 1. The maximum Gasteiger partial charge on any atom is 0.573 e. The van der Waals surface area contributed by atoms with Gasteiger partial charge in [0, 0.05) is 42.7 Å². The van der Waals surface area contributed by atoms with E-state index in [1.165, 1.54) is 36.4 Å². The summed E-state index contributed by atoms with van der Waals surface area (Å²) in [5, 5.41) is 10.2. The number of fused-ring (bicyclic) bond motifs is 1. The lowest BCUT2D eigenvalue weighted by Crippen LogP contribution is -2.40. The Hall–Kier alpha value is -3.07. The van der Waals surface area contributed by atoms with Gasteiger partial charge in [0.05, 0.1) is 0 Å². The zero-order valence-corrected chi connectivity index (χ0v) is 16.3. The molecule has 1 aliphatic rings. The molecular weight excluding hydrogens is 418 g/mol. The van der Waals surface area contributed by atoms with Crippen molar-refractivity contribution in [2.45, 2.75) is 31.4 Å². The molecule has 2 heterocycles. The molecule has 1 aromatic heterocycles. The fraction of sp³-hybridized carbons (Fsp3) is 0.318. The van der Waals surface area contributed by atoms with Gasteiger partial charge in [0.25, 0.3) is 0 Å². The largest absolute Gasteiger partial charge is 0.573 e. The average Bonchev–Trinajstić information content (AvgIpc) is 2.68. The van der Waals surface area contributed by atoms with Gasteiger partial charge in [-0.3, -0.25) is 4.90 Å². The van der Waals surface area contributed by atoms with Gasteiger partial charge in [-0.15, -0.1) is 13.2 Å². The highest BCUT2D eigenvalue weighted by Crippen LogP contribution is 2.43. The van der Waals surface area contributed by atoms with Crippen LogP contribution in [-0.4, -0.2) is 29.5 Å². The number of hydrogen-bond acceptors (Lipinski definition) is 5. The van der Waals surface area contributed by atoms with Crippen LogP contribution in [0.2, 0.25) is 0 Å². The van der Waals surface area contributed by atoms with Gasteiger partial charge in [-0.1, -0.05) is 18.2 Å². The molecule has 0 bridgehead atoms. The Morgan fingerprint density at radius 3 is 2.52 bits per heavy atom. The van der Waals surface area contributed by atoms with Crippen LogP contribution in [0.15, 0.2) is 57.7 Å². The number of phenols is 1. The van der Waals surface area contributed by atoms with Crippen molar-refractivity contribution in [1.29, 1.82) is 0 Å². The minimum atomic E-state index is -4.91. The number of phenolic OH excluding ortho intramolecular Hbond substituents is 1. The molecule has 2 aromatic carbocycles. The summed E-state index contributed by atoms with van der Waals surface area (Å²) in [4.78, 5) is 13.8. The molecule has 1 N–H and O–H groups in total. The predicted octanol–water partition coefficient (Wildman–Crippen LogP) is 4.86. The molecule has 0 unspecified atom stereocenters. The quantitative estimate of drug-likeness (QED) is 0.467. The predicted molar refractivity (Wildman–Crippen MR) is 105 cm³/mol. The van der Waals surface area contributed by atoms with Gasteiger partial charge in [-0.25, -0.2) is 9.18 Å². The molecule has 3 aromatic rings. The average molecular weight is 437 g/mol. The van der Waals surface area contributed by atoms with E-state index in [2.05, 4.69) is 4.74 Å². The minimum absolute atomic E-state index is 0.0224. The number of halogens is 4. The van der Waals surface area contributed by atoms with Crippen LogP contribution >= 0.6 is 0 Å². The lowest BCUT2D eigenvalue weighted by Gasteiger charge is -2.37. The van der Waals surface area contributed by atoms with Gasteiger partial charge in [0.1, 0.15) is 22.8 Å². The van der Waals surface area contributed by atoms with Crippen LogP contribution in [0.4, 0.5) is 17.6 Å². The summed E-state index contributed by atoms with van der Waals surface area (Å²) < 4.78 is 62.9. The second-order valence-corrected chi connectivity index (χ2v) is 7.56. The molecule has 1 aliphatic heterocycles. The van der Waals surface area contributed by atoms with Crippen molar-refractivity contribution in [2.24, 2.45) is 0 Å². The molecule has 4 rings (SSSR count). The molecule has 0 amide bonds. The maximum atomic E-state index is 15.6. The second-order valence-electron chi connectivity index (χ2n) is 7.56. The number of ether oxygens (including phenoxy) is 1. The Morgan fingerprint density at radius 1 is 1.10 bits per heavy atom. The van der Waals surface area contributed by atoms with E-state index in [1.54, 1.807) is 6.07 Å². The lowest BCUT2D eigenvalue weighted by atomic mass is 9.85. The van der Waals surface area contributed by atoms with Crippen LogP contribution in [0.5, 0.6) is 11.5 Å². The van der Waals surface area contributed by atoms with E-state index in [4.69, 9.17) is 4.42 Å². The molecule has 0 atom stereocenters. The summed E-state index contributed by atoms with van der Waals surface area (Å²) in [5.74, 6) is -0.565. The zero-order valence-electron chi connectivity index (χ0n) is 16.3. The Balaban J connectivity index is 1.52. The van der Waals surface area contributed by atoms with E-state index in [0.29, 0.717) is 17.5 Å². The molecule has 1 saturated heterocycles. The molecule has 0 spiro atoms. The SMILES string of the molecule is O=c1cc(CN2CCC(F)(c3ccccc3OC(F)(F)F)CC2)c2ccc(O)cc2o1. The van der Waals surface area contributed by atoms with E-state index < -0.39 is 23.4 Å². The van der Waals surface area contributed by atoms with Crippen molar-refractivity contribution in [3.8, 4) is 11.5 Å². The summed E-state index contributed by atoms with van der Waals surface area (Å²) in [6, 6.07) is 11.1. The van der Waals surface area contributed by atoms with Crippen molar-refractivity contribution in [1.82, 2.24) is 4.90 Å². The maximum absolute atomic E-state index is 15.6. The Kier molecular flexibility index (Phi) is 5.38. The van der Waals surface area contributed by atoms with Gasteiger partial charge in [0.2, 0.25) is 0 Å². The number of rotatable bonds is 4. The number of likely N-dealkylation sites (tertiary alicyclic amines) is 1. The lowest BCUT2D eigenvalue weighted by molar-refractivity contribution is -0.275. The highest BCUT2D eigenvalue weighted by Gasteiger charge is 2.41. The molecule has 0 aliphatic carbocycles. The smallest absolute Gasteiger partial charge is 0.508 e. The van der Waals surface area contributed by atoms with Crippen molar-refractivity contribution >= 4 is 11.0 Å². The van der Waals surface area contributed by atoms with Crippen molar-refractivity contribution in [3.05, 3.63) is 70.1 Å². The first-order valence-corrected chi connectivity index (χ1v) is 9.65. The highest BCUT2D eigenvalue weighted by atomic mass is 19.4. The first-order valence-electron chi connectivity index (χ1n) is 9.65. The fourth-order valence-corrected chi connectivity index (χ4v) is 3.98. The number of alkyl halides is 4. The van der Waals surface area contributed by atoms with Crippen molar-refractivity contribution in [3.63, 3.8) is 0 Å². The van der Waals surface area contributed by atoms with Gasteiger partial charge < -0.3 is 14.3 Å². The molecule has 31 heavy (non-hydrogen) atoms. The molecule has 9 heteroatoms. The van der Waals surface area contributed by atoms with E-state index in [9.17, 15) is 23.1 Å². The third kappa shape index (κ3) is 4.66. The molecule has 0 saturated carbocycles.